The van der Waals surface area contributed by atoms with Gasteiger partial charge in [-0.05, 0) is 31.5 Å². The third-order valence-electron chi connectivity index (χ3n) is 4.57. The molecule has 144 valence electrons. The number of halogens is 3. The molecule has 0 spiro atoms. The van der Waals surface area contributed by atoms with Crippen LogP contribution in [-0.2, 0) is 19.8 Å². The molecular formula is C19H16F3N5O. The number of aromatic nitrogens is 3. The fourth-order valence-electron chi connectivity index (χ4n) is 3.24. The fraction of sp³-hybridized carbons (Fsp3) is 0.263. The van der Waals surface area contributed by atoms with E-state index in [1.807, 2.05) is 6.92 Å². The third-order valence-corrected chi connectivity index (χ3v) is 4.57. The van der Waals surface area contributed by atoms with Crippen LogP contribution in [0.5, 0.6) is 0 Å². The molecule has 2 aromatic heterocycles. The Bertz CT molecular complexity index is 1210. The van der Waals surface area contributed by atoms with Gasteiger partial charge in [0.1, 0.15) is 0 Å². The monoisotopic (exact) mass is 387 g/mol. The second kappa shape index (κ2) is 6.64. The summed E-state index contributed by atoms with van der Waals surface area (Å²) in [5.74, 6) is 0. The SMILES string of the molecule is CCn1cc(C)c2c(C(=N)c3ccc(C(F)(F)F)c(C#N)c3)n(C)nc2c1=O. The van der Waals surface area contributed by atoms with Crippen LogP contribution in [0.15, 0.2) is 29.2 Å². The van der Waals surface area contributed by atoms with Crippen molar-refractivity contribution in [2.45, 2.75) is 26.6 Å². The first kappa shape index (κ1) is 19.4. The summed E-state index contributed by atoms with van der Waals surface area (Å²) in [6, 6.07) is 4.51. The predicted molar refractivity (Wildman–Crippen MR) is 97.5 cm³/mol. The van der Waals surface area contributed by atoms with E-state index in [4.69, 9.17) is 10.7 Å². The molecule has 0 saturated carbocycles. The molecule has 1 N–H and O–H groups in total. The summed E-state index contributed by atoms with van der Waals surface area (Å²) in [5, 5.41) is 22.3. The minimum atomic E-state index is -4.66. The predicted octanol–water partition coefficient (Wildman–Crippen LogP) is 3.37. The first-order valence-corrected chi connectivity index (χ1v) is 8.37. The lowest BCUT2D eigenvalue weighted by Crippen LogP contribution is -2.19. The maximum Gasteiger partial charge on any atom is 0.417 e. The largest absolute Gasteiger partial charge is 0.417 e. The first-order chi connectivity index (χ1) is 13.1. The van der Waals surface area contributed by atoms with Gasteiger partial charge in [0.15, 0.2) is 5.52 Å². The number of hydrogen-bond acceptors (Lipinski definition) is 4. The van der Waals surface area contributed by atoms with Gasteiger partial charge in [-0.3, -0.25) is 14.9 Å². The summed E-state index contributed by atoms with van der Waals surface area (Å²) in [6.45, 7) is 4.06. The van der Waals surface area contributed by atoms with E-state index in [0.29, 0.717) is 17.6 Å². The van der Waals surface area contributed by atoms with E-state index in [-0.39, 0.29) is 22.4 Å². The van der Waals surface area contributed by atoms with Gasteiger partial charge in [-0.1, -0.05) is 6.07 Å². The summed E-state index contributed by atoms with van der Waals surface area (Å²) >= 11 is 0. The molecule has 0 aliphatic carbocycles. The van der Waals surface area contributed by atoms with Crippen LogP contribution in [0, 0.1) is 23.7 Å². The van der Waals surface area contributed by atoms with Crippen molar-refractivity contribution in [2.75, 3.05) is 0 Å². The highest BCUT2D eigenvalue weighted by molar-refractivity contribution is 6.17. The van der Waals surface area contributed by atoms with E-state index >= 15 is 0 Å². The third kappa shape index (κ3) is 2.97. The molecule has 0 bridgehead atoms. The zero-order chi connectivity index (χ0) is 20.8. The molecule has 0 saturated heterocycles. The number of nitrogens with one attached hydrogen (secondary N) is 1. The highest BCUT2D eigenvalue weighted by Crippen LogP contribution is 2.33. The molecule has 3 aromatic rings. The van der Waals surface area contributed by atoms with Gasteiger partial charge in [0.25, 0.3) is 5.56 Å². The number of benzene rings is 1. The smallest absolute Gasteiger partial charge is 0.314 e. The molecular weight excluding hydrogens is 371 g/mol. The van der Waals surface area contributed by atoms with Crippen LogP contribution >= 0.6 is 0 Å². The van der Waals surface area contributed by atoms with Crippen LogP contribution in [0.25, 0.3) is 10.9 Å². The van der Waals surface area contributed by atoms with Crippen molar-refractivity contribution in [3.05, 3.63) is 62.7 Å². The lowest BCUT2D eigenvalue weighted by Gasteiger charge is -2.12. The molecule has 28 heavy (non-hydrogen) atoms. The molecule has 0 unspecified atom stereocenters. The van der Waals surface area contributed by atoms with Crippen molar-refractivity contribution in [1.29, 1.82) is 10.7 Å². The van der Waals surface area contributed by atoms with Crippen molar-refractivity contribution in [2.24, 2.45) is 7.05 Å². The maximum absolute atomic E-state index is 13.0. The van der Waals surface area contributed by atoms with E-state index in [2.05, 4.69) is 5.10 Å². The van der Waals surface area contributed by atoms with Gasteiger partial charge in [0.05, 0.1) is 28.6 Å². The Morgan fingerprint density at radius 3 is 2.61 bits per heavy atom. The molecule has 0 fully saturated rings. The topological polar surface area (TPSA) is 87.5 Å². The zero-order valence-corrected chi connectivity index (χ0v) is 15.3. The van der Waals surface area contributed by atoms with E-state index in [9.17, 15) is 18.0 Å². The number of pyridine rings is 1. The van der Waals surface area contributed by atoms with Crippen LogP contribution in [0.2, 0.25) is 0 Å². The molecule has 0 aliphatic rings. The maximum atomic E-state index is 13.0. The molecule has 2 heterocycles. The van der Waals surface area contributed by atoms with Gasteiger partial charge in [-0.2, -0.15) is 23.5 Å². The minimum absolute atomic E-state index is 0.119. The molecule has 6 nitrogen and oxygen atoms in total. The summed E-state index contributed by atoms with van der Waals surface area (Å²) in [5.41, 5.74) is -0.692. The molecule has 0 amide bonds. The van der Waals surface area contributed by atoms with E-state index in [1.54, 1.807) is 20.2 Å². The van der Waals surface area contributed by atoms with E-state index < -0.39 is 17.3 Å². The Hall–Kier alpha value is -3.41. The normalized spacial score (nSPS) is 11.6. The standard InChI is InChI=1S/C19H16F3N5O/c1-4-27-9-10(2)14-16(18(27)28)25-26(3)17(14)15(24)11-5-6-13(19(20,21)22)12(7-11)8-23/h5-7,9,24H,4H2,1-3H3. The highest BCUT2D eigenvalue weighted by Gasteiger charge is 2.34. The fourth-order valence-corrected chi connectivity index (χ4v) is 3.24. The van der Waals surface area contributed by atoms with Gasteiger partial charge < -0.3 is 4.57 Å². The average Bonchev–Trinajstić information content (AvgIpc) is 3.00. The van der Waals surface area contributed by atoms with Crippen molar-refractivity contribution >= 4 is 16.6 Å². The van der Waals surface area contributed by atoms with E-state index in [0.717, 1.165) is 23.8 Å². The quantitative estimate of drug-likeness (QED) is 0.699. The van der Waals surface area contributed by atoms with Crippen LogP contribution in [0.3, 0.4) is 0 Å². The van der Waals surface area contributed by atoms with E-state index in [1.165, 1.54) is 15.3 Å². The van der Waals surface area contributed by atoms with Gasteiger partial charge in [0.2, 0.25) is 0 Å². The van der Waals surface area contributed by atoms with Crippen LogP contribution in [0.4, 0.5) is 13.2 Å². The second-order valence-corrected chi connectivity index (χ2v) is 6.34. The van der Waals surface area contributed by atoms with Crippen molar-refractivity contribution in [3.63, 3.8) is 0 Å². The lowest BCUT2D eigenvalue weighted by atomic mass is 9.98. The van der Waals surface area contributed by atoms with Crippen molar-refractivity contribution in [1.82, 2.24) is 14.3 Å². The highest BCUT2D eigenvalue weighted by atomic mass is 19.4. The number of nitriles is 1. The van der Waals surface area contributed by atoms with Crippen molar-refractivity contribution in [3.8, 4) is 6.07 Å². The zero-order valence-electron chi connectivity index (χ0n) is 15.3. The van der Waals surface area contributed by atoms with Crippen LogP contribution in [0.1, 0.15) is 34.9 Å². The number of hydrogen-bond donors (Lipinski definition) is 1. The molecule has 9 heteroatoms. The second-order valence-electron chi connectivity index (χ2n) is 6.34. The number of rotatable bonds is 3. The van der Waals surface area contributed by atoms with Gasteiger partial charge in [0, 0.05) is 30.7 Å². The molecule has 0 aliphatic heterocycles. The Labute approximate surface area is 157 Å². The van der Waals surface area contributed by atoms with Gasteiger partial charge >= 0.3 is 6.18 Å². The Balaban J connectivity index is 2.23. The summed E-state index contributed by atoms with van der Waals surface area (Å²) < 4.78 is 42.0. The average molecular weight is 387 g/mol. The Kier molecular flexibility index (Phi) is 4.59. The number of alkyl halides is 3. The van der Waals surface area contributed by atoms with Gasteiger partial charge in [-0.15, -0.1) is 0 Å². The molecule has 0 atom stereocenters. The van der Waals surface area contributed by atoms with Gasteiger partial charge in [-0.25, -0.2) is 0 Å². The summed E-state index contributed by atoms with van der Waals surface area (Å²) in [7, 11) is 1.56. The molecule has 3 rings (SSSR count). The van der Waals surface area contributed by atoms with Crippen LogP contribution < -0.4 is 5.56 Å². The number of aryl methyl sites for hydroxylation is 3. The number of fused-ring (bicyclic) bond motifs is 1. The van der Waals surface area contributed by atoms with Crippen LogP contribution in [-0.4, -0.2) is 20.1 Å². The summed E-state index contributed by atoms with van der Waals surface area (Å²) in [4.78, 5) is 12.5. The Morgan fingerprint density at radius 2 is 2.04 bits per heavy atom. The number of nitrogens with zero attached hydrogens (tertiary/aromatic N) is 4. The first-order valence-electron chi connectivity index (χ1n) is 8.37. The Morgan fingerprint density at radius 1 is 1.36 bits per heavy atom. The summed E-state index contributed by atoms with van der Waals surface area (Å²) in [6.07, 6.45) is -3.00. The minimum Gasteiger partial charge on any atom is -0.314 e. The molecule has 1 aromatic carbocycles. The van der Waals surface area contributed by atoms with Crippen molar-refractivity contribution < 1.29 is 13.2 Å². The lowest BCUT2D eigenvalue weighted by molar-refractivity contribution is -0.137. The molecule has 0 radical (unpaired) electrons.